The fourth-order valence-corrected chi connectivity index (χ4v) is 2.31. The molecule has 0 aliphatic carbocycles. The van der Waals surface area contributed by atoms with E-state index in [4.69, 9.17) is 0 Å². The van der Waals surface area contributed by atoms with Crippen molar-refractivity contribution >= 4 is 5.82 Å². The van der Waals surface area contributed by atoms with Crippen LogP contribution < -0.4 is 4.90 Å². The Morgan fingerprint density at radius 2 is 2.25 bits per heavy atom. The molecule has 1 atom stereocenters. The van der Waals surface area contributed by atoms with Crippen molar-refractivity contribution in [3.05, 3.63) is 24.1 Å². The fourth-order valence-electron chi connectivity index (χ4n) is 2.31. The second kappa shape index (κ2) is 4.01. The lowest BCUT2D eigenvalue weighted by Crippen LogP contribution is -2.46. The van der Waals surface area contributed by atoms with E-state index >= 15 is 0 Å². The first-order valence-electron chi connectivity index (χ1n) is 5.59. The van der Waals surface area contributed by atoms with Gasteiger partial charge in [0.05, 0.1) is 17.8 Å². The van der Waals surface area contributed by atoms with Crippen LogP contribution in [0.1, 0.15) is 26.7 Å². The lowest BCUT2D eigenvalue weighted by atomic mass is 9.97. The number of rotatable bonds is 2. The summed E-state index contributed by atoms with van der Waals surface area (Å²) >= 11 is 0. The fraction of sp³-hybridized carbons (Fsp3) is 0.583. The third-order valence-corrected chi connectivity index (χ3v) is 3.07. The molecule has 1 aromatic rings. The van der Waals surface area contributed by atoms with Crippen molar-refractivity contribution in [2.24, 2.45) is 0 Å². The van der Waals surface area contributed by atoms with E-state index in [1.807, 2.05) is 0 Å². The molecule has 3 nitrogen and oxygen atoms in total. The first-order valence-corrected chi connectivity index (χ1v) is 5.59. The topological polar surface area (TPSA) is 36.4 Å². The Balaban J connectivity index is 2.23. The van der Waals surface area contributed by atoms with Crippen LogP contribution >= 0.6 is 0 Å². The number of halogens is 1. The maximum absolute atomic E-state index is 12.8. The summed E-state index contributed by atoms with van der Waals surface area (Å²) in [4.78, 5) is 6.12. The van der Waals surface area contributed by atoms with E-state index in [1.165, 1.54) is 12.3 Å². The van der Waals surface area contributed by atoms with Gasteiger partial charge < -0.3 is 10.0 Å². The van der Waals surface area contributed by atoms with Crippen LogP contribution in [0.5, 0.6) is 0 Å². The predicted molar refractivity (Wildman–Crippen MR) is 60.9 cm³/mol. The van der Waals surface area contributed by atoms with Gasteiger partial charge in [-0.05, 0) is 38.8 Å². The summed E-state index contributed by atoms with van der Waals surface area (Å²) in [5.41, 5.74) is -0.757. The van der Waals surface area contributed by atoms with E-state index < -0.39 is 5.60 Å². The van der Waals surface area contributed by atoms with Gasteiger partial charge in [0.25, 0.3) is 0 Å². The number of pyridine rings is 1. The van der Waals surface area contributed by atoms with Crippen LogP contribution in [0.4, 0.5) is 10.2 Å². The van der Waals surface area contributed by atoms with E-state index in [9.17, 15) is 9.50 Å². The zero-order chi connectivity index (χ0) is 11.8. The zero-order valence-corrected chi connectivity index (χ0v) is 9.65. The predicted octanol–water partition coefficient (Wildman–Crippen LogP) is 1.96. The van der Waals surface area contributed by atoms with Crippen molar-refractivity contribution in [3.8, 4) is 0 Å². The molecule has 16 heavy (non-hydrogen) atoms. The van der Waals surface area contributed by atoms with Gasteiger partial charge in [-0.2, -0.15) is 0 Å². The van der Waals surface area contributed by atoms with Crippen molar-refractivity contribution in [3.63, 3.8) is 0 Å². The Morgan fingerprint density at radius 3 is 2.81 bits per heavy atom. The van der Waals surface area contributed by atoms with Gasteiger partial charge in [-0.25, -0.2) is 9.37 Å². The summed E-state index contributed by atoms with van der Waals surface area (Å²) < 4.78 is 12.8. The van der Waals surface area contributed by atoms with Gasteiger partial charge in [-0.1, -0.05) is 0 Å². The monoisotopic (exact) mass is 224 g/mol. The molecule has 1 aliphatic rings. The molecule has 88 valence electrons. The Kier molecular flexibility index (Phi) is 2.84. The Morgan fingerprint density at radius 1 is 1.50 bits per heavy atom. The lowest BCUT2D eigenvalue weighted by Gasteiger charge is -2.34. The standard InChI is InChI=1S/C12H17FN2O/c1-12(2,16)10-4-3-7-15(10)11-6-5-9(13)8-14-11/h5-6,8,10,16H,3-4,7H2,1-2H3. The highest BCUT2D eigenvalue weighted by Gasteiger charge is 2.36. The van der Waals surface area contributed by atoms with Crippen molar-refractivity contribution in [2.75, 3.05) is 11.4 Å². The highest BCUT2D eigenvalue weighted by Crippen LogP contribution is 2.30. The molecule has 0 aromatic carbocycles. The molecule has 0 bridgehead atoms. The van der Waals surface area contributed by atoms with Crippen molar-refractivity contribution in [2.45, 2.75) is 38.3 Å². The summed E-state index contributed by atoms with van der Waals surface area (Å²) in [6, 6.07) is 3.13. The molecule has 0 spiro atoms. The summed E-state index contributed by atoms with van der Waals surface area (Å²) in [7, 11) is 0. The third-order valence-electron chi connectivity index (χ3n) is 3.07. The molecule has 2 heterocycles. The van der Waals surface area contributed by atoms with Gasteiger partial charge in [-0.3, -0.25) is 0 Å². The Hall–Kier alpha value is -1.16. The molecule has 4 heteroatoms. The molecular weight excluding hydrogens is 207 g/mol. The van der Waals surface area contributed by atoms with Crippen LogP contribution in [0.15, 0.2) is 18.3 Å². The molecule has 1 aromatic heterocycles. The highest BCUT2D eigenvalue weighted by molar-refractivity contribution is 5.41. The van der Waals surface area contributed by atoms with E-state index in [0.29, 0.717) is 0 Å². The SMILES string of the molecule is CC(C)(O)C1CCCN1c1ccc(F)cn1. The second-order valence-corrected chi connectivity index (χ2v) is 4.84. The first-order chi connectivity index (χ1) is 7.48. The molecule has 2 rings (SSSR count). The van der Waals surface area contributed by atoms with E-state index in [1.54, 1.807) is 19.9 Å². The Labute approximate surface area is 94.9 Å². The van der Waals surface area contributed by atoms with E-state index in [-0.39, 0.29) is 11.9 Å². The van der Waals surface area contributed by atoms with Gasteiger partial charge >= 0.3 is 0 Å². The number of anilines is 1. The van der Waals surface area contributed by atoms with Crippen molar-refractivity contribution in [1.82, 2.24) is 4.98 Å². The average Bonchev–Trinajstić information content (AvgIpc) is 2.66. The number of hydrogen-bond acceptors (Lipinski definition) is 3. The Bertz CT molecular complexity index is 358. The minimum absolute atomic E-state index is 0.0606. The molecule has 1 unspecified atom stereocenters. The number of nitrogens with zero attached hydrogens (tertiary/aromatic N) is 2. The molecule has 0 saturated carbocycles. The maximum atomic E-state index is 12.8. The smallest absolute Gasteiger partial charge is 0.141 e. The van der Waals surface area contributed by atoms with Crippen LogP contribution in [0.25, 0.3) is 0 Å². The van der Waals surface area contributed by atoms with Gasteiger partial charge in [0, 0.05) is 6.54 Å². The number of aliphatic hydroxyl groups is 1. The molecule has 1 fully saturated rings. The summed E-state index contributed by atoms with van der Waals surface area (Å²) in [5.74, 6) is 0.411. The molecule has 1 aliphatic heterocycles. The summed E-state index contributed by atoms with van der Waals surface area (Å²) in [5, 5.41) is 10.1. The summed E-state index contributed by atoms with van der Waals surface area (Å²) in [6.07, 6.45) is 3.20. The van der Waals surface area contributed by atoms with Gasteiger partial charge in [0.2, 0.25) is 0 Å². The van der Waals surface area contributed by atoms with Crippen LogP contribution in [-0.4, -0.2) is 28.3 Å². The summed E-state index contributed by atoms with van der Waals surface area (Å²) in [6.45, 7) is 4.48. The van der Waals surface area contributed by atoms with Gasteiger partial charge in [0.1, 0.15) is 11.6 Å². The molecule has 0 radical (unpaired) electrons. The van der Waals surface area contributed by atoms with Crippen molar-refractivity contribution < 1.29 is 9.50 Å². The van der Waals surface area contributed by atoms with Crippen LogP contribution in [-0.2, 0) is 0 Å². The first kappa shape index (κ1) is 11.3. The van der Waals surface area contributed by atoms with E-state index in [2.05, 4.69) is 9.88 Å². The third kappa shape index (κ3) is 2.16. The molecule has 1 saturated heterocycles. The van der Waals surface area contributed by atoms with Crippen LogP contribution in [0.2, 0.25) is 0 Å². The average molecular weight is 224 g/mol. The minimum Gasteiger partial charge on any atom is -0.388 e. The quantitative estimate of drug-likeness (QED) is 0.834. The second-order valence-electron chi connectivity index (χ2n) is 4.84. The molecular formula is C12H17FN2O. The largest absolute Gasteiger partial charge is 0.388 e. The van der Waals surface area contributed by atoms with E-state index in [0.717, 1.165) is 25.2 Å². The van der Waals surface area contributed by atoms with Crippen LogP contribution in [0, 0.1) is 5.82 Å². The lowest BCUT2D eigenvalue weighted by molar-refractivity contribution is 0.0533. The normalized spacial score (nSPS) is 21.5. The minimum atomic E-state index is -0.757. The van der Waals surface area contributed by atoms with Gasteiger partial charge in [0.15, 0.2) is 0 Å². The molecule has 1 N–H and O–H groups in total. The van der Waals surface area contributed by atoms with Gasteiger partial charge in [-0.15, -0.1) is 0 Å². The maximum Gasteiger partial charge on any atom is 0.141 e. The number of aromatic nitrogens is 1. The zero-order valence-electron chi connectivity index (χ0n) is 9.65. The number of hydrogen-bond donors (Lipinski definition) is 1. The van der Waals surface area contributed by atoms with Crippen LogP contribution in [0.3, 0.4) is 0 Å². The molecule has 0 amide bonds. The van der Waals surface area contributed by atoms with Crippen molar-refractivity contribution in [1.29, 1.82) is 0 Å². The highest BCUT2D eigenvalue weighted by atomic mass is 19.1.